The number of nitrogens with zero attached hydrogens (tertiary/aromatic N) is 1. The molecule has 0 unspecified atom stereocenters. The Kier molecular flexibility index (Phi) is 2.72. The summed E-state index contributed by atoms with van der Waals surface area (Å²) in [6.45, 7) is 0. The number of H-pyrrole nitrogens is 1. The van der Waals surface area contributed by atoms with Crippen molar-refractivity contribution in [2.75, 3.05) is 0 Å². The Hall–Kier alpha value is -2.08. The molecule has 0 aliphatic heterocycles. The molecule has 88 valence electrons. The van der Waals surface area contributed by atoms with Crippen molar-refractivity contribution < 1.29 is 19.4 Å². The molecule has 1 heterocycles. The van der Waals surface area contributed by atoms with E-state index in [0.29, 0.717) is 0 Å². The highest BCUT2D eigenvalue weighted by Gasteiger charge is 2.13. The summed E-state index contributed by atoms with van der Waals surface area (Å²) in [5.74, 6) is -2.72. The fourth-order valence-electron chi connectivity index (χ4n) is 1.29. The van der Waals surface area contributed by atoms with Crippen molar-refractivity contribution >= 4 is 17.6 Å². The van der Waals surface area contributed by atoms with E-state index in [-0.39, 0.29) is 22.0 Å². The molecule has 17 heavy (non-hydrogen) atoms. The summed E-state index contributed by atoms with van der Waals surface area (Å²) in [6, 6.07) is 3.55. The Labute approximate surface area is 99.5 Å². The maximum absolute atomic E-state index is 13.2. The molecule has 1 aromatic carbocycles. The summed E-state index contributed by atoms with van der Waals surface area (Å²) in [5, 5.41) is 23.6. The number of carboxylic acids is 1. The Morgan fingerprint density at radius 1 is 1.41 bits per heavy atom. The molecule has 0 aliphatic carbocycles. The largest absolute Gasteiger partial charge is 0.504 e. The van der Waals surface area contributed by atoms with E-state index in [9.17, 15) is 9.18 Å². The molecule has 3 N–H and O–H groups in total. The first kappa shape index (κ1) is 11.4. The van der Waals surface area contributed by atoms with Crippen molar-refractivity contribution in [3.63, 3.8) is 0 Å². The second-order valence-electron chi connectivity index (χ2n) is 3.26. The maximum atomic E-state index is 13.2. The van der Waals surface area contributed by atoms with Crippen LogP contribution < -0.4 is 0 Å². The number of rotatable bonds is 2. The van der Waals surface area contributed by atoms with Crippen molar-refractivity contribution in [3.8, 4) is 17.0 Å². The minimum absolute atomic E-state index is 0.121. The lowest BCUT2D eigenvalue weighted by Gasteiger charge is -2.01. The van der Waals surface area contributed by atoms with Crippen molar-refractivity contribution in [2.24, 2.45) is 0 Å². The quantitative estimate of drug-likeness (QED) is 0.769. The molecule has 5 nitrogen and oxygen atoms in total. The van der Waals surface area contributed by atoms with Gasteiger partial charge in [0, 0.05) is 5.56 Å². The van der Waals surface area contributed by atoms with E-state index in [1.807, 2.05) is 0 Å². The van der Waals surface area contributed by atoms with Crippen LogP contribution in [0, 0.1) is 5.82 Å². The number of nitrogens with one attached hydrogen (secondary N) is 1. The number of halogens is 2. The van der Waals surface area contributed by atoms with E-state index in [4.69, 9.17) is 21.8 Å². The van der Waals surface area contributed by atoms with Crippen molar-refractivity contribution in [1.82, 2.24) is 10.2 Å². The second-order valence-corrected chi connectivity index (χ2v) is 3.67. The highest BCUT2D eigenvalue weighted by molar-refractivity contribution is 6.32. The molecule has 2 aromatic rings. The zero-order chi connectivity index (χ0) is 12.6. The predicted octanol–water partition coefficient (Wildman–Crippen LogP) is 2.27. The van der Waals surface area contributed by atoms with Gasteiger partial charge in [0.15, 0.2) is 11.6 Å². The molecule has 1 aromatic heterocycles. The van der Waals surface area contributed by atoms with Crippen LogP contribution in [0.1, 0.15) is 10.5 Å². The van der Waals surface area contributed by atoms with Crippen molar-refractivity contribution in [2.45, 2.75) is 0 Å². The number of phenols is 1. The number of hydrogen-bond acceptors (Lipinski definition) is 3. The average Bonchev–Trinajstić information content (AvgIpc) is 2.74. The van der Waals surface area contributed by atoms with Crippen LogP contribution in [0.4, 0.5) is 4.39 Å². The van der Waals surface area contributed by atoms with Crippen LogP contribution in [0.15, 0.2) is 18.2 Å². The summed E-state index contributed by atoms with van der Waals surface area (Å²) in [4.78, 5) is 10.6. The van der Waals surface area contributed by atoms with Crippen LogP contribution in [-0.4, -0.2) is 26.4 Å². The molecule has 0 aliphatic rings. The first-order valence-electron chi connectivity index (χ1n) is 4.46. The topological polar surface area (TPSA) is 86.2 Å². The van der Waals surface area contributed by atoms with Gasteiger partial charge in [-0.3, -0.25) is 5.10 Å². The lowest BCUT2D eigenvalue weighted by Crippen LogP contribution is -1.95. The van der Waals surface area contributed by atoms with Crippen molar-refractivity contribution in [1.29, 1.82) is 0 Å². The highest BCUT2D eigenvalue weighted by atomic mass is 35.5. The summed E-state index contributed by atoms with van der Waals surface area (Å²) in [7, 11) is 0. The van der Waals surface area contributed by atoms with Gasteiger partial charge in [-0.2, -0.15) is 5.10 Å². The molecule has 0 radical (unpaired) electrons. The normalized spacial score (nSPS) is 10.5. The smallest absolute Gasteiger partial charge is 0.353 e. The molecular formula is C10H6ClFN2O3. The molecule has 0 amide bonds. The molecule has 7 heteroatoms. The Morgan fingerprint density at radius 3 is 2.65 bits per heavy atom. The molecular weight excluding hydrogens is 251 g/mol. The number of aromatic carboxylic acids is 1. The fourth-order valence-corrected chi connectivity index (χ4v) is 1.50. The molecule has 0 saturated heterocycles. The molecule has 0 bridgehead atoms. The van der Waals surface area contributed by atoms with Gasteiger partial charge in [0.1, 0.15) is 5.69 Å². The van der Waals surface area contributed by atoms with Gasteiger partial charge >= 0.3 is 5.97 Å². The highest BCUT2D eigenvalue weighted by Crippen LogP contribution is 2.31. The number of phenolic OH excluding ortho intramolecular Hbond substituents is 1. The number of aromatic nitrogens is 2. The Bertz CT molecular complexity index is 574. The van der Waals surface area contributed by atoms with E-state index < -0.39 is 17.5 Å². The summed E-state index contributed by atoms with van der Waals surface area (Å²) >= 11 is 5.59. The first-order valence-corrected chi connectivity index (χ1v) is 4.84. The zero-order valence-electron chi connectivity index (χ0n) is 8.24. The molecule has 0 saturated carbocycles. The van der Waals surface area contributed by atoms with E-state index in [2.05, 4.69) is 10.2 Å². The van der Waals surface area contributed by atoms with Gasteiger partial charge in [0.25, 0.3) is 0 Å². The van der Waals surface area contributed by atoms with Gasteiger partial charge in [-0.15, -0.1) is 0 Å². The third-order valence-corrected chi connectivity index (χ3v) is 2.41. The van der Waals surface area contributed by atoms with Gasteiger partial charge in [0.2, 0.25) is 0 Å². The second kappa shape index (κ2) is 4.06. The van der Waals surface area contributed by atoms with Crippen molar-refractivity contribution in [3.05, 3.63) is 34.7 Å². The van der Waals surface area contributed by atoms with E-state index in [0.717, 1.165) is 6.07 Å². The number of hydrogen-bond donors (Lipinski definition) is 3. The lowest BCUT2D eigenvalue weighted by atomic mass is 10.1. The van der Waals surface area contributed by atoms with Gasteiger partial charge in [0.05, 0.1) is 10.7 Å². The van der Waals surface area contributed by atoms with Crippen LogP contribution in [0.25, 0.3) is 11.3 Å². The van der Waals surface area contributed by atoms with Gasteiger partial charge in [-0.25, -0.2) is 9.18 Å². The lowest BCUT2D eigenvalue weighted by molar-refractivity contribution is 0.0690. The average molecular weight is 257 g/mol. The number of aromatic amines is 1. The van der Waals surface area contributed by atoms with E-state index >= 15 is 0 Å². The Morgan fingerprint density at radius 2 is 2.12 bits per heavy atom. The molecule has 0 spiro atoms. The number of benzene rings is 1. The SMILES string of the molecule is O=C(O)c1cc(-c2cc(F)c(O)c(Cl)c2)n[nH]1. The third-order valence-electron chi connectivity index (χ3n) is 2.12. The zero-order valence-corrected chi connectivity index (χ0v) is 8.99. The van der Waals surface area contributed by atoms with E-state index in [1.165, 1.54) is 12.1 Å². The van der Waals surface area contributed by atoms with Gasteiger partial charge in [-0.1, -0.05) is 11.6 Å². The maximum Gasteiger partial charge on any atom is 0.353 e. The number of carboxylic acid groups (broad SMARTS) is 1. The first-order chi connectivity index (χ1) is 7.99. The van der Waals surface area contributed by atoms with Crippen LogP contribution in [-0.2, 0) is 0 Å². The molecule has 2 rings (SSSR count). The summed E-state index contributed by atoms with van der Waals surface area (Å²) in [5.41, 5.74) is 0.377. The summed E-state index contributed by atoms with van der Waals surface area (Å²) in [6.07, 6.45) is 0. The predicted molar refractivity (Wildman–Crippen MR) is 57.6 cm³/mol. The fraction of sp³-hybridized carbons (Fsp3) is 0. The minimum Gasteiger partial charge on any atom is -0.504 e. The number of aromatic hydroxyl groups is 1. The Balaban J connectivity index is 2.49. The van der Waals surface area contributed by atoms with E-state index in [1.54, 1.807) is 0 Å². The van der Waals surface area contributed by atoms with Gasteiger partial charge < -0.3 is 10.2 Å². The van der Waals surface area contributed by atoms with Crippen LogP contribution in [0.3, 0.4) is 0 Å². The molecule has 0 fully saturated rings. The summed E-state index contributed by atoms with van der Waals surface area (Å²) < 4.78 is 13.2. The third kappa shape index (κ3) is 2.07. The van der Waals surface area contributed by atoms with Crippen LogP contribution >= 0.6 is 11.6 Å². The number of carbonyl (C=O) groups is 1. The monoisotopic (exact) mass is 256 g/mol. The van der Waals surface area contributed by atoms with Crippen LogP contribution in [0.5, 0.6) is 5.75 Å². The molecule has 0 atom stereocenters. The minimum atomic E-state index is -1.17. The van der Waals surface area contributed by atoms with Crippen LogP contribution in [0.2, 0.25) is 5.02 Å². The standard InChI is InChI=1S/C10H6ClFN2O3/c11-5-1-4(2-6(12)9(5)15)7-3-8(10(16)17)14-13-7/h1-3,15H,(H,13,14)(H,16,17). The van der Waals surface area contributed by atoms with Gasteiger partial charge in [-0.05, 0) is 18.2 Å².